The molecule has 0 bridgehead atoms. The maximum absolute atomic E-state index is 12.4. The summed E-state index contributed by atoms with van der Waals surface area (Å²) in [5.74, 6) is -0.845. The molecular weight excluding hydrogens is 420 g/mol. The molecule has 4 rings (SSSR count). The molecule has 1 saturated carbocycles. The monoisotopic (exact) mass is 450 g/mol. The molecular formula is C26H30N2O5. The Balaban J connectivity index is 1.23. The smallest absolute Gasteiger partial charge is 0.407 e. The zero-order valence-corrected chi connectivity index (χ0v) is 18.8. The second-order valence-electron chi connectivity index (χ2n) is 9.12. The van der Waals surface area contributed by atoms with Crippen molar-refractivity contribution in [3.8, 4) is 11.1 Å². The van der Waals surface area contributed by atoms with Crippen LogP contribution in [0.4, 0.5) is 4.79 Å². The number of carbonyl (C=O) groups excluding carboxylic acids is 2. The van der Waals surface area contributed by atoms with Gasteiger partial charge in [-0.3, -0.25) is 9.59 Å². The highest BCUT2D eigenvalue weighted by molar-refractivity contribution is 5.79. The van der Waals surface area contributed by atoms with Gasteiger partial charge in [0.15, 0.2) is 0 Å². The highest BCUT2D eigenvalue weighted by Gasteiger charge is 2.30. The fourth-order valence-corrected chi connectivity index (χ4v) is 5.10. The molecule has 0 saturated heterocycles. The number of benzene rings is 2. The normalized spacial score (nSPS) is 19.9. The molecule has 0 heterocycles. The summed E-state index contributed by atoms with van der Waals surface area (Å²) in [7, 11) is 0. The molecule has 0 aromatic heterocycles. The molecule has 2 unspecified atom stereocenters. The van der Waals surface area contributed by atoms with E-state index in [-0.39, 0.29) is 49.3 Å². The Morgan fingerprint density at radius 1 is 1.03 bits per heavy atom. The molecule has 33 heavy (non-hydrogen) atoms. The van der Waals surface area contributed by atoms with Crippen molar-refractivity contribution < 1.29 is 24.2 Å². The molecule has 2 aliphatic carbocycles. The lowest BCUT2D eigenvalue weighted by Gasteiger charge is -2.18. The van der Waals surface area contributed by atoms with Gasteiger partial charge in [0.1, 0.15) is 6.61 Å². The lowest BCUT2D eigenvalue weighted by Crippen LogP contribution is -2.40. The SMILES string of the molecule is C[C@@H](CC(=O)NC1CCC(CC(=O)O)C1)NC(=O)OCC1c2ccccc2-c2ccccc21. The van der Waals surface area contributed by atoms with Crippen molar-refractivity contribution in [3.05, 3.63) is 59.7 Å². The number of ether oxygens (including phenoxy) is 1. The van der Waals surface area contributed by atoms with Crippen LogP contribution in [0.5, 0.6) is 0 Å². The molecule has 0 aliphatic heterocycles. The van der Waals surface area contributed by atoms with Gasteiger partial charge in [-0.15, -0.1) is 0 Å². The van der Waals surface area contributed by atoms with E-state index < -0.39 is 12.1 Å². The van der Waals surface area contributed by atoms with Crippen molar-refractivity contribution >= 4 is 18.0 Å². The van der Waals surface area contributed by atoms with Crippen molar-refractivity contribution in [2.24, 2.45) is 5.92 Å². The van der Waals surface area contributed by atoms with E-state index in [1.165, 1.54) is 11.1 Å². The summed E-state index contributed by atoms with van der Waals surface area (Å²) >= 11 is 0. The lowest BCUT2D eigenvalue weighted by atomic mass is 9.98. The second-order valence-corrected chi connectivity index (χ2v) is 9.12. The molecule has 3 atom stereocenters. The lowest BCUT2D eigenvalue weighted by molar-refractivity contribution is -0.138. The van der Waals surface area contributed by atoms with E-state index in [0.29, 0.717) is 6.42 Å². The van der Waals surface area contributed by atoms with E-state index in [1.807, 2.05) is 24.3 Å². The van der Waals surface area contributed by atoms with Crippen LogP contribution in [0.25, 0.3) is 11.1 Å². The Hall–Kier alpha value is -3.35. The van der Waals surface area contributed by atoms with Crippen LogP contribution in [0.15, 0.2) is 48.5 Å². The summed E-state index contributed by atoms with van der Waals surface area (Å²) in [6.45, 7) is 1.99. The average molecular weight is 451 g/mol. The molecule has 7 nitrogen and oxygen atoms in total. The summed E-state index contributed by atoms with van der Waals surface area (Å²) in [6, 6.07) is 15.9. The van der Waals surface area contributed by atoms with Crippen LogP contribution in [0, 0.1) is 5.92 Å². The third-order valence-electron chi connectivity index (χ3n) is 6.57. The van der Waals surface area contributed by atoms with Crippen LogP contribution >= 0.6 is 0 Å². The van der Waals surface area contributed by atoms with E-state index in [4.69, 9.17) is 9.84 Å². The molecule has 0 spiro atoms. The van der Waals surface area contributed by atoms with Crippen LogP contribution in [-0.2, 0) is 14.3 Å². The molecule has 2 aromatic carbocycles. The average Bonchev–Trinajstić information content (AvgIpc) is 3.33. The van der Waals surface area contributed by atoms with E-state index in [0.717, 1.165) is 24.0 Å². The Labute approximate surface area is 193 Å². The summed E-state index contributed by atoms with van der Waals surface area (Å²) in [5.41, 5.74) is 4.64. The predicted octanol–water partition coefficient (Wildman–Crippen LogP) is 4.06. The molecule has 3 N–H and O–H groups in total. The molecule has 7 heteroatoms. The van der Waals surface area contributed by atoms with E-state index in [1.54, 1.807) is 6.92 Å². The minimum Gasteiger partial charge on any atom is -0.481 e. The Morgan fingerprint density at radius 2 is 1.67 bits per heavy atom. The first-order valence-corrected chi connectivity index (χ1v) is 11.5. The summed E-state index contributed by atoms with van der Waals surface area (Å²) in [6.07, 6.45) is 2.03. The zero-order valence-electron chi connectivity index (χ0n) is 18.8. The quantitative estimate of drug-likeness (QED) is 0.563. The Morgan fingerprint density at radius 3 is 2.30 bits per heavy atom. The van der Waals surface area contributed by atoms with Crippen LogP contribution in [0.3, 0.4) is 0 Å². The minimum atomic E-state index is -0.798. The highest BCUT2D eigenvalue weighted by atomic mass is 16.5. The maximum atomic E-state index is 12.4. The van der Waals surface area contributed by atoms with Crippen LogP contribution in [0.2, 0.25) is 0 Å². The van der Waals surface area contributed by atoms with E-state index >= 15 is 0 Å². The van der Waals surface area contributed by atoms with Gasteiger partial charge in [-0.1, -0.05) is 48.5 Å². The number of carboxylic acids is 1. The van der Waals surface area contributed by atoms with Crippen molar-refractivity contribution in [2.75, 3.05) is 6.61 Å². The summed E-state index contributed by atoms with van der Waals surface area (Å²) in [4.78, 5) is 35.6. The van der Waals surface area contributed by atoms with E-state index in [9.17, 15) is 14.4 Å². The van der Waals surface area contributed by atoms with Gasteiger partial charge in [0, 0.05) is 30.8 Å². The van der Waals surface area contributed by atoms with Gasteiger partial charge in [-0.2, -0.15) is 0 Å². The standard InChI is InChI=1S/C26H30N2O5/c1-16(12-24(29)28-18-11-10-17(13-18)14-25(30)31)27-26(32)33-15-23-21-8-4-2-6-19(21)20-7-3-5-9-22(20)23/h2-9,16-18,23H,10-15H2,1H3,(H,27,32)(H,28,29)(H,30,31)/t16-,17?,18?/m0/s1. The third-order valence-corrected chi connectivity index (χ3v) is 6.57. The van der Waals surface area contributed by atoms with Crippen molar-refractivity contribution in [2.45, 2.75) is 57.0 Å². The van der Waals surface area contributed by atoms with Crippen LogP contribution in [-0.4, -0.2) is 41.8 Å². The number of hydrogen-bond donors (Lipinski definition) is 3. The topological polar surface area (TPSA) is 105 Å². The van der Waals surface area contributed by atoms with Gasteiger partial charge < -0.3 is 20.5 Å². The molecule has 2 aliphatic rings. The van der Waals surface area contributed by atoms with Crippen LogP contribution < -0.4 is 10.6 Å². The fourth-order valence-electron chi connectivity index (χ4n) is 5.10. The molecule has 0 radical (unpaired) electrons. The van der Waals surface area contributed by atoms with Crippen molar-refractivity contribution in [1.82, 2.24) is 10.6 Å². The number of carbonyl (C=O) groups is 3. The Kier molecular flexibility index (Phi) is 6.96. The van der Waals surface area contributed by atoms with Gasteiger partial charge in [0.2, 0.25) is 5.91 Å². The number of fused-ring (bicyclic) bond motifs is 3. The largest absolute Gasteiger partial charge is 0.481 e. The molecule has 174 valence electrons. The van der Waals surface area contributed by atoms with Crippen molar-refractivity contribution in [3.63, 3.8) is 0 Å². The highest BCUT2D eigenvalue weighted by Crippen LogP contribution is 2.44. The first-order valence-electron chi connectivity index (χ1n) is 11.5. The van der Waals surface area contributed by atoms with Crippen LogP contribution in [0.1, 0.15) is 56.1 Å². The number of amides is 2. The number of rotatable bonds is 8. The second kappa shape index (κ2) is 10.1. The van der Waals surface area contributed by atoms with Gasteiger partial charge in [-0.25, -0.2) is 4.79 Å². The Bertz CT molecular complexity index is 991. The number of aliphatic carboxylic acids is 1. The predicted molar refractivity (Wildman–Crippen MR) is 124 cm³/mol. The van der Waals surface area contributed by atoms with E-state index in [2.05, 4.69) is 34.9 Å². The maximum Gasteiger partial charge on any atom is 0.407 e. The molecule has 1 fully saturated rings. The fraction of sp³-hybridized carbons (Fsp3) is 0.423. The van der Waals surface area contributed by atoms with Gasteiger partial charge >= 0.3 is 12.1 Å². The number of hydrogen-bond acceptors (Lipinski definition) is 4. The first-order chi connectivity index (χ1) is 15.9. The molecule has 2 amide bonds. The number of alkyl carbamates (subject to hydrolysis) is 1. The number of carboxylic acid groups (broad SMARTS) is 1. The number of nitrogens with one attached hydrogen (secondary N) is 2. The summed E-state index contributed by atoms with van der Waals surface area (Å²) in [5, 5.41) is 14.6. The van der Waals surface area contributed by atoms with Crippen molar-refractivity contribution in [1.29, 1.82) is 0 Å². The first kappa shape index (κ1) is 22.8. The zero-order chi connectivity index (χ0) is 23.4. The summed E-state index contributed by atoms with van der Waals surface area (Å²) < 4.78 is 5.54. The van der Waals surface area contributed by atoms with Gasteiger partial charge in [0.25, 0.3) is 0 Å². The third kappa shape index (κ3) is 5.53. The minimum absolute atomic E-state index is 0.00324. The van der Waals surface area contributed by atoms with Gasteiger partial charge in [0.05, 0.1) is 0 Å². The molecule has 2 aromatic rings. The van der Waals surface area contributed by atoms with Gasteiger partial charge in [-0.05, 0) is 54.4 Å².